The van der Waals surface area contributed by atoms with Gasteiger partial charge in [0.1, 0.15) is 5.82 Å². The van der Waals surface area contributed by atoms with E-state index in [0.29, 0.717) is 5.82 Å². The minimum atomic E-state index is -0.832. The summed E-state index contributed by atoms with van der Waals surface area (Å²) in [6, 6.07) is 7.42. The van der Waals surface area contributed by atoms with Crippen LogP contribution < -0.4 is 5.32 Å². The summed E-state index contributed by atoms with van der Waals surface area (Å²) >= 11 is 0. The topological polar surface area (TPSA) is 75.1 Å². The van der Waals surface area contributed by atoms with Crippen molar-refractivity contribution in [2.45, 2.75) is 26.3 Å². The second-order valence-corrected chi connectivity index (χ2v) is 4.29. The molecule has 2 N–H and O–H groups in total. The molecule has 5 heteroatoms. The lowest BCUT2D eigenvalue weighted by atomic mass is 10.2. The van der Waals surface area contributed by atoms with Crippen molar-refractivity contribution in [1.82, 2.24) is 9.97 Å². The van der Waals surface area contributed by atoms with Crippen LogP contribution in [0.1, 0.15) is 19.0 Å². The van der Waals surface area contributed by atoms with Gasteiger partial charge in [-0.05, 0) is 26.0 Å². The van der Waals surface area contributed by atoms with Crippen molar-refractivity contribution in [1.29, 1.82) is 0 Å². The number of fused-ring (bicyclic) bond motifs is 1. The Morgan fingerprint density at radius 1 is 1.33 bits per heavy atom. The lowest BCUT2D eigenvalue weighted by Crippen LogP contribution is -2.20. The molecule has 1 aromatic carbocycles. The fourth-order valence-corrected chi connectivity index (χ4v) is 1.77. The average Bonchev–Trinajstić information content (AvgIpc) is 2.29. The zero-order valence-corrected chi connectivity index (χ0v) is 10.3. The Labute approximate surface area is 105 Å². The molecule has 18 heavy (non-hydrogen) atoms. The number of aryl methyl sites for hydroxylation is 1. The fraction of sp³-hybridized carbons (Fsp3) is 0.308. The molecule has 1 heterocycles. The quantitative estimate of drug-likeness (QED) is 0.863. The van der Waals surface area contributed by atoms with Gasteiger partial charge in [-0.1, -0.05) is 12.1 Å². The molecule has 1 unspecified atom stereocenters. The molecule has 1 atom stereocenters. The first kappa shape index (κ1) is 12.3. The summed E-state index contributed by atoms with van der Waals surface area (Å²) in [5.41, 5.74) is 2.41. The predicted molar refractivity (Wildman–Crippen MR) is 69.6 cm³/mol. The summed E-state index contributed by atoms with van der Waals surface area (Å²) in [5, 5.41) is 11.8. The Balaban J connectivity index is 2.27. The van der Waals surface area contributed by atoms with Crippen LogP contribution in [0.15, 0.2) is 24.3 Å². The van der Waals surface area contributed by atoms with Gasteiger partial charge in [-0.15, -0.1) is 0 Å². The van der Waals surface area contributed by atoms with E-state index in [1.54, 1.807) is 0 Å². The molecule has 0 aliphatic heterocycles. The third-order valence-electron chi connectivity index (χ3n) is 2.61. The normalized spacial score (nSPS) is 12.3. The van der Waals surface area contributed by atoms with Gasteiger partial charge in [0, 0.05) is 6.04 Å². The van der Waals surface area contributed by atoms with Crippen LogP contribution >= 0.6 is 0 Å². The molecule has 0 radical (unpaired) electrons. The third kappa shape index (κ3) is 2.74. The van der Waals surface area contributed by atoms with Gasteiger partial charge in [0.25, 0.3) is 0 Å². The molecule has 0 amide bonds. The number of para-hydroxylation sites is 2. The third-order valence-corrected chi connectivity index (χ3v) is 2.61. The number of hydrogen-bond acceptors (Lipinski definition) is 4. The molecule has 1 aromatic heterocycles. The summed E-state index contributed by atoms with van der Waals surface area (Å²) in [7, 11) is 0. The van der Waals surface area contributed by atoms with Gasteiger partial charge < -0.3 is 10.4 Å². The minimum absolute atomic E-state index is 0.0496. The summed E-state index contributed by atoms with van der Waals surface area (Å²) < 4.78 is 0. The van der Waals surface area contributed by atoms with Crippen LogP contribution in [0.2, 0.25) is 0 Å². The van der Waals surface area contributed by atoms with E-state index in [-0.39, 0.29) is 12.5 Å². The van der Waals surface area contributed by atoms with Crippen LogP contribution in [0.5, 0.6) is 0 Å². The van der Waals surface area contributed by atoms with Crippen molar-refractivity contribution < 1.29 is 9.90 Å². The number of rotatable bonds is 4. The minimum Gasteiger partial charge on any atom is -0.481 e. The number of aromatic nitrogens is 2. The lowest BCUT2D eigenvalue weighted by molar-refractivity contribution is -0.137. The summed E-state index contributed by atoms with van der Waals surface area (Å²) in [6.45, 7) is 3.67. The van der Waals surface area contributed by atoms with Crippen LogP contribution in [-0.2, 0) is 4.79 Å². The van der Waals surface area contributed by atoms with Gasteiger partial charge in [-0.3, -0.25) is 4.79 Å². The van der Waals surface area contributed by atoms with E-state index in [4.69, 9.17) is 5.11 Å². The Hall–Kier alpha value is -2.17. The number of benzene rings is 1. The maximum atomic E-state index is 10.6. The molecule has 0 saturated carbocycles. The van der Waals surface area contributed by atoms with E-state index >= 15 is 0 Å². The van der Waals surface area contributed by atoms with Crippen LogP contribution in [-0.4, -0.2) is 27.1 Å². The van der Waals surface area contributed by atoms with Crippen molar-refractivity contribution in [2.24, 2.45) is 0 Å². The van der Waals surface area contributed by atoms with Gasteiger partial charge in [-0.25, -0.2) is 9.97 Å². The predicted octanol–water partition coefficient (Wildman–Crippen LogP) is 2.21. The average molecular weight is 245 g/mol. The first-order valence-electron chi connectivity index (χ1n) is 5.78. The molecular formula is C13H15N3O2. The van der Waals surface area contributed by atoms with E-state index in [9.17, 15) is 4.79 Å². The molecular weight excluding hydrogens is 230 g/mol. The number of nitrogens with zero attached hydrogens (tertiary/aromatic N) is 2. The van der Waals surface area contributed by atoms with E-state index in [0.717, 1.165) is 16.7 Å². The molecule has 0 aliphatic carbocycles. The van der Waals surface area contributed by atoms with Gasteiger partial charge in [0.2, 0.25) is 0 Å². The second kappa shape index (κ2) is 5.00. The number of nitrogens with one attached hydrogen (secondary N) is 1. The van der Waals surface area contributed by atoms with Crippen LogP contribution in [0, 0.1) is 6.92 Å². The van der Waals surface area contributed by atoms with E-state index in [1.807, 2.05) is 38.1 Å². The number of hydrogen-bond donors (Lipinski definition) is 2. The molecule has 0 saturated heterocycles. The molecule has 0 bridgehead atoms. The summed E-state index contributed by atoms with van der Waals surface area (Å²) in [6.07, 6.45) is 0.0496. The van der Waals surface area contributed by atoms with E-state index in [1.165, 1.54) is 0 Å². The van der Waals surface area contributed by atoms with Gasteiger partial charge in [0.15, 0.2) is 0 Å². The Morgan fingerprint density at radius 2 is 1.94 bits per heavy atom. The number of carbonyl (C=O) groups is 1. The largest absolute Gasteiger partial charge is 0.481 e. The summed E-state index contributed by atoms with van der Waals surface area (Å²) in [4.78, 5) is 19.5. The number of carboxylic acids is 1. The fourth-order valence-electron chi connectivity index (χ4n) is 1.77. The van der Waals surface area contributed by atoms with Gasteiger partial charge in [0.05, 0.1) is 23.1 Å². The Morgan fingerprint density at radius 3 is 2.56 bits per heavy atom. The first-order valence-corrected chi connectivity index (χ1v) is 5.78. The number of aliphatic carboxylic acids is 1. The molecule has 0 fully saturated rings. The van der Waals surface area contributed by atoms with Crippen molar-refractivity contribution in [3.63, 3.8) is 0 Å². The monoisotopic (exact) mass is 245 g/mol. The van der Waals surface area contributed by atoms with Gasteiger partial charge in [-0.2, -0.15) is 0 Å². The van der Waals surface area contributed by atoms with Crippen molar-refractivity contribution >= 4 is 22.8 Å². The van der Waals surface area contributed by atoms with E-state index in [2.05, 4.69) is 15.3 Å². The summed E-state index contributed by atoms with van der Waals surface area (Å²) in [5.74, 6) is -0.191. The smallest absolute Gasteiger partial charge is 0.305 e. The van der Waals surface area contributed by atoms with Crippen LogP contribution in [0.3, 0.4) is 0 Å². The first-order chi connectivity index (χ1) is 8.56. The highest BCUT2D eigenvalue weighted by Crippen LogP contribution is 2.17. The van der Waals surface area contributed by atoms with Crippen molar-refractivity contribution in [3.05, 3.63) is 30.0 Å². The maximum Gasteiger partial charge on any atom is 0.305 e. The Bertz CT molecular complexity index is 583. The van der Waals surface area contributed by atoms with Gasteiger partial charge >= 0.3 is 5.97 Å². The highest BCUT2D eigenvalue weighted by molar-refractivity contribution is 5.76. The molecule has 0 spiro atoms. The molecule has 0 aliphatic rings. The maximum absolute atomic E-state index is 10.6. The van der Waals surface area contributed by atoms with E-state index < -0.39 is 5.97 Å². The molecule has 94 valence electrons. The van der Waals surface area contributed by atoms with Crippen LogP contribution in [0.4, 0.5) is 5.82 Å². The van der Waals surface area contributed by atoms with Crippen molar-refractivity contribution in [3.8, 4) is 0 Å². The lowest BCUT2D eigenvalue weighted by Gasteiger charge is -2.14. The highest BCUT2D eigenvalue weighted by Gasteiger charge is 2.11. The van der Waals surface area contributed by atoms with Crippen molar-refractivity contribution in [2.75, 3.05) is 5.32 Å². The number of anilines is 1. The molecule has 2 rings (SSSR count). The number of carboxylic acid groups (broad SMARTS) is 1. The SMILES string of the molecule is Cc1nc2ccccc2nc1NC(C)CC(=O)O. The standard InChI is InChI=1S/C13H15N3O2/c1-8(7-12(17)18)14-13-9(2)15-10-5-3-4-6-11(10)16-13/h3-6,8H,7H2,1-2H3,(H,14,16)(H,17,18). The van der Waals surface area contributed by atoms with Crippen LogP contribution in [0.25, 0.3) is 11.0 Å². The Kier molecular flexibility index (Phi) is 3.41. The zero-order chi connectivity index (χ0) is 13.1. The highest BCUT2D eigenvalue weighted by atomic mass is 16.4. The zero-order valence-electron chi connectivity index (χ0n) is 10.3. The molecule has 2 aromatic rings. The second-order valence-electron chi connectivity index (χ2n) is 4.29. The molecule has 5 nitrogen and oxygen atoms in total.